The minimum atomic E-state index is 0.626. The van der Waals surface area contributed by atoms with Gasteiger partial charge in [-0.3, -0.25) is 0 Å². The smallest absolute Gasteiger partial charge is 0.0108 e. The van der Waals surface area contributed by atoms with Crippen LogP contribution in [0.4, 0.5) is 0 Å². The van der Waals surface area contributed by atoms with E-state index < -0.39 is 0 Å². The standard InChI is InChI=1S/C21H36N2/c1-19(2)12-13-21(18-20-10-5-3-6-11-20)22-14-9-17-23-15-7-4-8-16-23/h3,5-6,10-11,19,21-22H,4,7-9,12-18H2,1-2H3. The Morgan fingerprint density at radius 3 is 2.43 bits per heavy atom. The van der Waals surface area contributed by atoms with Crippen LogP contribution in [0.1, 0.15) is 57.9 Å². The molecule has 0 bridgehead atoms. The van der Waals surface area contributed by atoms with Crippen molar-refractivity contribution in [3.05, 3.63) is 35.9 Å². The van der Waals surface area contributed by atoms with Crippen molar-refractivity contribution in [1.29, 1.82) is 0 Å². The van der Waals surface area contributed by atoms with E-state index >= 15 is 0 Å². The van der Waals surface area contributed by atoms with Gasteiger partial charge in [0, 0.05) is 6.04 Å². The van der Waals surface area contributed by atoms with Gasteiger partial charge < -0.3 is 10.2 Å². The van der Waals surface area contributed by atoms with Crippen LogP contribution in [0.15, 0.2) is 30.3 Å². The average Bonchev–Trinajstić information content (AvgIpc) is 2.58. The number of piperidine rings is 1. The SMILES string of the molecule is CC(C)CCC(Cc1ccccc1)NCCCN1CCCCC1. The van der Waals surface area contributed by atoms with Gasteiger partial charge in [-0.05, 0) is 76.2 Å². The van der Waals surface area contributed by atoms with Crippen LogP contribution in [0.2, 0.25) is 0 Å². The van der Waals surface area contributed by atoms with E-state index in [2.05, 4.69) is 54.4 Å². The van der Waals surface area contributed by atoms with Gasteiger partial charge in [0.05, 0.1) is 0 Å². The minimum Gasteiger partial charge on any atom is -0.314 e. The molecule has 1 aliphatic rings. The minimum absolute atomic E-state index is 0.626. The average molecular weight is 317 g/mol. The van der Waals surface area contributed by atoms with Crippen molar-refractivity contribution in [2.75, 3.05) is 26.2 Å². The first-order valence-corrected chi connectivity index (χ1v) is 9.73. The van der Waals surface area contributed by atoms with Crippen LogP contribution in [-0.4, -0.2) is 37.1 Å². The molecule has 1 aromatic carbocycles. The Morgan fingerprint density at radius 1 is 1.00 bits per heavy atom. The molecule has 1 fully saturated rings. The first kappa shape index (κ1) is 18.5. The summed E-state index contributed by atoms with van der Waals surface area (Å²) in [5.41, 5.74) is 1.46. The summed E-state index contributed by atoms with van der Waals surface area (Å²) in [5.74, 6) is 0.795. The summed E-state index contributed by atoms with van der Waals surface area (Å²) in [7, 11) is 0. The number of nitrogens with zero attached hydrogens (tertiary/aromatic N) is 1. The summed E-state index contributed by atoms with van der Waals surface area (Å²) < 4.78 is 0. The summed E-state index contributed by atoms with van der Waals surface area (Å²) in [4.78, 5) is 2.64. The van der Waals surface area contributed by atoms with E-state index in [1.807, 2.05) is 0 Å². The van der Waals surface area contributed by atoms with Crippen LogP contribution in [0.25, 0.3) is 0 Å². The number of nitrogens with one attached hydrogen (secondary N) is 1. The van der Waals surface area contributed by atoms with Crippen molar-refractivity contribution in [3.63, 3.8) is 0 Å². The predicted molar refractivity (Wildman–Crippen MR) is 101 cm³/mol. The Balaban J connectivity index is 1.70. The van der Waals surface area contributed by atoms with Gasteiger partial charge in [0.2, 0.25) is 0 Å². The van der Waals surface area contributed by atoms with Crippen LogP contribution in [0.5, 0.6) is 0 Å². The van der Waals surface area contributed by atoms with Crippen LogP contribution in [0.3, 0.4) is 0 Å². The molecule has 2 rings (SSSR count). The highest BCUT2D eigenvalue weighted by Crippen LogP contribution is 2.12. The van der Waals surface area contributed by atoms with Gasteiger partial charge in [-0.15, -0.1) is 0 Å². The fraction of sp³-hybridized carbons (Fsp3) is 0.714. The van der Waals surface area contributed by atoms with Crippen molar-refractivity contribution >= 4 is 0 Å². The van der Waals surface area contributed by atoms with Crippen molar-refractivity contribution in [1.82, 2.24) is 10.2 Å². The lowest BCUT2D eigenvalue weighted by atomic mass is 9.97. The molecule has 1 heterocycles. The summed E-state index contributed by atoms with van der Waals surface area (Å²) in [6.45, 7) is 9.73. The van der Waals surface area contributed by atoms with E-state index in [1.165, 1.54) is 63.7 Å². The Hall–Kier alpha value is -0.860. The van der Waals surface area contributed by atoms with Gasteiger partial charge >= 0.3 is 0 Å². The summed E-state index contributed by atoms with van der Waals surface area (Å²) >= 11 is 0. The molecule has 0 aliphatic carbocycles. The molecule has 130 valence electrons. The van der Waals surface area contributed by atoms with Crippen LogP contribution < -0.4 is 5.32 Å². The monoisotopic (exact) mass is 316 g/mol. The molecule has 2 heteroatoms. The molecule has 0 saturated carbocycles. The van der Waals surface area contributed by atoms with Crippen molar-refractivity contribution < 1.29 is 0 Å². The van der Waals surface area contributed by atoms with Crippen molar-refractivity contribution in [3.8, 4) is 0 Å². The van der Waals surface area contributed by atoms with E-state index in [1.54, 1.807) is 0 Å². The molecule has 0 radical (unpaired) electrons. The lowest BCUT2D eigenvalue weighted by Gasteiger charge is -2.27. The zero-order chi connectivity index (χ0) is 16.3. The first-order valence-electron chi connectivity index (χ1n) is 9.73. The molecule has 1 atom stereocenters. The second-order valence-corrected chi connectivity index (χ2v) is 7.57. The molecule has 1 saturated heterocycles. The molecular formula is C21H36N2. The van der Waals surface area contributed by atoms with Crippen molar-refractivity contribution in [2.45, 2.75) is 64.8 Å². The molecule has 1 unspecified atom stereocenters. The van der Waals surface area contributed by atoms with Crippen LogP contribution >= 0.6 is 0 Å². The number of hydrogen-bond acceptors (Lipinski definition) is 2. The van der Waals surface area contributed by atoms with Gasteiger partial charge in [-0.25, -0.2) is 0 Å². The summed E-state index contributed by atoms with van der Waals surface area (Å²) in [5, 5.41) is 3.84. The number of hydrogen-bond donors (Lipinski definition) is 1. The molecule has 1 aromatic rings. The quantitative estimate of drug-likeness (QED) is 0.639. The lowest BCUT2D eigenvalue weighted by molar-refractivity contribution is 0.224. The highest BCUT2D eigenvalue weighted by Gasteiger charge is 2.12. The Morgan fingerprint density at radius 2 is 1.74 bits per heavy atom. The third kappa shape index (κ3) is 7.99. The number of likely N-dealkylation sites (tertiary alicyclic amines) is 1. The van der Waals surface area contributed by atoms with E-state index in [0.29, 0.717) is 6.04 Å². The van der Waals surface area contributed by atoms with Gasteiger partial charge in [0.1, 0.15) is 0 Å². The Kier molecular flexibility index (Phi) is 8.70. The molecule has 23 heavy (non-hydrogen) atoms. The molecule has 0 spiro atoms. The Bertz CT molecular complexity index is 396. The fourth-order valence-corrected chi connectivity index (χ4v) is 3.50. The molecule has 1 aliphatic heterocycles. The molecular weight excluding hydrogens is 280 g/mol. The van der Waals surface area contributed by atoms with E-state index in [0.717, 1.165) is 18.9 Å². The summed E-state index contributed by atoms with van der Waals surface area (Å²) in [6.07, 6.45) is 9.29. The number of rotatable bonds is 10. The normalized spacial score (nSPS) is 17.5. The highest BCUT2D eigenvalue weighted by molar-refractivity contribution is 5.15. The maximum atomic E-state index is 3.84. The largest absolute Gasteiger partial charge is 0.314 e. The Labute approximate surface area is 143 Å². The third-order valence-electron chi connectivity index (χ3n) is 4.95. The second-order valence-electron chi connectivity index (χ2n) is 7.57. The lowest BCUT2D eigenvalue weighted by Crippen LogP contribution is -2.36. The topological polar surface area (TPSA) is 15.3 Å². The molecule has 1 N–H and O–H groups in total. The van der Waals surface area contributed by atoms with Gasteiger partial charge in [0.15, 0.2) is 0 Å². The molecule has 0 amide bonds. The van der Waals surface area contributed by atoms with Gasteiger partial charge in [-0.2, -0.15) is 0 Å². The highest BCUT2D eigenvalue weighted by atomic mass is 15.1. The second kappa shape index (κ2) is 10.8. The van der Waals surface area contributed by atoms with Crippen LogP contribution in [0, 0.1) is 5.92 Å². The third-order valence-corrected chi connectivity index (χ3v) is 4.95. The number of benzene rings is 1. The van der Waals surface area contributed by atoms with E-state index in [9.17, 15) is 0 Å². The maximum absolute atomic E-state index is 3.84. The first-order chi connectivity index (χ1) is 11.2. The maximum Gasteiger partial charge on any atom is 0.0108 e. The fourth-order valence-electron chi connectivity index (χ4n) is 3.50. The van der Waals surface area contributed by atoms with Gasteiger partial charge in [-0.1, -0.05) is 50.6 Å². The summed E-state index contributed by atoms with van der Waals surface area (Å²) in [6, 6.07) is 11.6. The van der Waals surface area contributed by atoms with Gasteiger partial charge in [0.25, 0.3) is 0 Å². The van der Waals surface area contributed by atoms with Crippen LogP contribution in [-0.2, 0) is 6.42 Å². The van der Waals surface area contributed by atoms with E-state index in [4.69, 9.17) is 0 Å². The predicted octanol–water partition coefficient (Wildman–Crippen LogP) is 4.50. The zero-order valence-electron chi connectivity index (χ0n) is 15.3. The van der Waals surface area contributed by atoms with Crippen molar-refractivity contribution in [2.24, 2.45) is 5.92 Å². The zero-order valence-corrected chi connectivity index (χ0v) is 15.3. The van der Waals surface area contributed by atoms with E-state index in [-0.39, 0.29) is 0 Å². The molecule has 0 aromatic heterocycles. The molecule has 2 nitrogen and oxygen atoms in total.